The van der Waals surface area contributed by atoms with Crippen molar-refractivity contribution in [2.45, 2.75) is 31.2 Å². The molecule has 0 bridgehead atoms. The fourth-order valence-corrected chi connectivity index (χ4v) is 4.80. The van der Waals surface area contributed by atoms with Gasteiger partial charge < -0.3 is 20.5 Å². The summed E-state index contributed by atoms with van der Waals surface area (Å²) in [5.41, 5.74) is 0.266. The van der Waals surface area contributed by atoms with Gasteiger partial charge >= 0.3 is 5.97 Å². The molecule has 0 aliphatic rings. The van der Waals surface area contributed by atoms with E-state index in [9.17, 15) is 23.1 Å². The predicted octanol–water partition coefficient (Wildman–Crippen LogP) is 5.07. The molecule has 3 aromatic carbocycles. The third-order valence-corrected chi connectivity index (χ3v) is 6.79. The molecule has 0 spiro atoms. The molecule has 190 valence electrons. The van der Waals surface area contributed by atoms with E-state index < -0.39 is 38.4 Å². The van der Waals surface area contributed by atoms with Crippen LogP contribution in [0.3, 0.4) is 0 Å². The molecule has 0 aliphatic carbocycles. The van der Waals surface area contributed by atoms with Crippen LogP contribution in [0.4, 0.5) is 17.1 Å². The number of benzene rings is 3. The first-order chi connectivity index (χ1) is 17.1. The summed E-state index contributed by atoms with van der Waals surface area (Å²) in [5, 5.41) is 16.0. The van der Waals surface area contributed by atoms with Gasteiger partial charge in [-0.05, 0) is 74.0 Å². The summed E-state index contributed by atoms with van der Waals surface area (Å²) in [6.45, 7) is 4.13. The largest absolute Gasteiger partial charge is 0.494 e. The molecule has 36 heavy (non-hydrogen) atoms. The lowest BCUT2D eigenvalue weighted by Gasteiger charge is -2.21. The number of ether oxygens (including phenoxy) is 1. The summed E-state index contributed by atoms with van der Waals surface area (Å²) in [6, 6.07) is 15.9. The van der Waals surface area contributed by atoms with Gasteiger partial charge in [-0.15, -0.1) is 0 Å². The monoisotopic (exact) mass is 531 g/mol. The van der Waals surface area contributed by atoms with Crippen molar-refractivity contribution in [3.8, 4) is 5.75 Å². The Labute approximate surface area is 214 Å². The molecule has 1 atom stereocenters. The number of nitrogens with one attached hydrogen (secondary N) is 3. The highest BCUT2D eigenvalue weighted by Crippen LogP contribution is 2.28. The van der Waals surface area contributed by atoms with Crippen molar-refractivity contribution in [1.82, 2.24) is 0 Å². The van der Waals surface area contributed by atoms with E-state index in [0.29, 0.717) is 29.5 Å². The second-order valence-corrected chi connectivity index (χ2v) is 9.74. The molecule has 0 aromatic heterocycles. The van der Waals surface area contributed by atoms with Crippen molar-refractivity contribution in [3.63, 3.8) is 0 Å². The maximum Gasteiger partial charge on any atom is 0.339 e. The van der Waals surface area contributed by atoms with Crippen LogP contribution in [0, 0.1) is 0 Å². The molecule has 0 radical (unpaired) electrons. The van der Waals surface area contributed by atoms with E-state index in [1.165, 1.54) is 42.5 Å². The van der Waals surface area contributed by atoms with Gasteiger partial charge in [-0.3, -0.25) is 9.52 Å². The zero-order valence-electron chi connectivity index (χ0n) is 19.6. The fourth-order valence-electron chi connectivity index (χ4n) is 3.40. The average molecular weight is 532 g/mol. The van der Waals surface area contributed by atoms with E-state index >= 15 is 0 Å². The molecule has 3 aromatic rings. The number of amides is 1. The number of carboxylic acid groups (broad SMARTS) is 1. The number of aromatic carboxylic acids is 1. The lowest BCUT2D eigenvalue weighted by atomic mass is 10.1. The highest BCUT2D eigenvalue weighted by atomic mass is 35.5. The molecule has 1 unspecified atom stereocenters. The molecular formula is C25H26ClN3O6S. The SMILES string of the molecule is CCOc1ccc(NC(=O)C(CC)Nc2cccc(S(=O)(=O)Nc3ccc(Cl)cc3)c2C(=O)O)cc1. The van der Waals surface area contributed by atoms with Gasteiger partial charge in [-0.25, -0.2) is 13.2 Å². The van der Waals surface area contributed by atoms with E-state index in [0.717, 1.165) is 0 Å². The zero-order valence-corrected chi connectivity index (χ0v) is 21.2. The molecule has 0 fully saturated rings. The number of hydrogen-bond acceptors (Lipinski definition) is 6. The van der Waals surface area contributed by atoms with E-state index in [1.807, 2.05) is 6.92 Å². The van der Waals surface area contributed by atoms with Crippen LogP contribution in [0.2, 0.25) is 5.02 Å². The Morgan fingerprint density at radius 3 is 2.19 bits per heavy atom. The molecule has 0 heterocycles. The van der Waals surface area contributed by atoms with Crippen LogP contribution < -0.4 is 20.1 Å². The van der Waals surface area contributed by atoms with Crippen molar-refractivity contribution in [1.29, 1.82) is 0 Å². The Bertz CT molecular complexity index is 1330. The average Bonchev–Trinajstić information content (AvgIpc) is 2.84. The smallest absolute Gasteiger partial charge is 0.339 e. The molecule has 4 N–H and O–H groups in total. The van der Waals surface area contributed by atoms with Crippen LogP contribution in [-0.2, 0) is 14.8 Å². The van der Waals surface area contributed by atoms with Crippen LogP contribution in [0.5, 0.6) is 5.75 Å². The van der Waals surface area contributed by atoms with Crippen molar-refractivity contribution in [2.24, 2.45) is 0 Å². The Kier molecular flexibility index (Phi) is 8.78. The van der Waals surface area contributed by atoms with Crippen LogP contribution in [0.15, 0.2) is 71.6 Å². The molecular weight excluding hydrogens is 506 g/mol. The third kappa shape index (κ3) is 6.67. The minimum atomic E-state index is -4.27. The minimum absolute atomic E-state index is 0.00447. The van der Waals surface area contributed by atoms with Crippen molar-refractivity contribution >= 4 is 50.6 Å². The van der Waals surface area contributed by atoms with Crippen molar-refractivity contribution < 1.29 is 27.9 Å². The normalized spacial score (nSPS) is 11.9. The topological polar surface area (TPSA) is 134 Å². The van der Waals surface area contributed by atoms with Gasteiger partial charge in [-0.2, -0.15) is 0 Å². The number of hydrogen-bond donors (Lipinski definition) is 4. The van der Waals surface area contributed by atoms with E-state index in [2.05, 4.69) is 15.4 Å². The quantitative estimate of drug-likeness (QED) is 0.271. The summed E-state index contributed by atoms with van der Waals surface area (Å²) < 4.78 is 33.8. The summed E-state index contributed by atoms with van der Waals surface area (Å²) in [7, 11) is -4.27. The predicted molar refractivity (Wildman–Crippen MR) is 140 cm³/mol. The standard InChI is InChI=1S/C25H26ClN3O6S/c1-3-20(24(30)27-17-12-14-19(15-13-17)35-4-2)28-21-6-5-7-22(23(21)25(31)32)36(33,34)29-18-10-8-16(26)9-11-18/h5-15,20,28-29H,3-4H2,1-2H3,(H,27,30)(H,31,32). The number of carboxylic acids is 1. The second-order valence-electron chi connectivity index (χ2n) is 7.65. The third-order valence-electron chi connectivity index (χ3n) is 5.11. The highest BCUT2D eigenvalue weighted by Gasteiger charge is 2.27. The Morgan fingerprint density at radius 1 is 0.972 bits per heavy atom. The Morgan fingerprint density at radius 2 is 1.61 bits per heavy atom. The molecule has 1 amide bonds. The van der Waals surface area contributed by atoms with Gasteiger partial charge in [0.1, 0.15) is 22.3 Å². The molecule has 0 aliphatic heterocycles. The number of rotatable bonds is 11. The van der Waals surface area contributed by atoms with E-state index in [-0.39, 0.29) is 11.4 Å². The van der Waals surface area contributed by atoms with Crippen LogP contribution in [0.25, 0.3) is 0 Å². The van der Waals surface area contributed by atoms with Crippen LogP contribution in [0.1, 0.15) is 30.6 Å². The van der Waals surface area contributed by atoms with Gasteiger partial charge in [0, 0.05) is 16.4 Å². The lowest BCUT2D eigenvalue weighted by Crippen LogP contribution is -2.34. The number of carbonyl (C=O) groups is 2. The number of halogens is 1. The molecule has 0 saturated heterocycles. The van der Waals surface area contributed by atoms with Crippen molar-refractivity contribution in [2.75, 3.05) is 22.0 Å². The van der Waals surface area contributed by atoms with Crippen LogP contribution in [-0.4, -0.2) is 38.0 Å². The first-order valence-corrected chi connectivity index (χ1v) is 13.0. The Balaban J connectivity index is 1.85. The molecule has 9 nitrogen and oxygen atoms in total. The second kappa shape index (κ2) is 11.8. The van der Waals surface area contributed by atoms with Gasteiger partial charge in [0.15, 0.2) is 0 Å². The lowest BCUT2D eigenvalue weighted by molar-refractivity contribution is -0.117. The van der Waals surface area contributed by atoms with Crippen LogP contribution >= 0.6 is 11.6 Å². The van der Waals surface area contributed by atoms with Crippen molar-refractivity contribution in [3.05, 3.63) is 77.3 Å². The first kappa shape index (κ1) is 26.8. The number of carbonyl (C=O) groups excluding carboxylic acids is 1. The molecule has 11 heteroatoms. The maximum absolute atomic E-state index is 13.0. The van der Waals surface area contributed by atoms with Gasteiger partial charge in [0.2, 0.25) is 5.91 Å². The summed E-state index contributed by atoms with van der Waals surface area (Å²) in [4.78, 5) is 24.6. The Hall–Kier alpha value is -3.76. The van der Waals surface area contributed by atoms with Gasteiger partial charge in [-0.1, -0.05) is 24.6 Å². The number of sulfonamides is 1. The summed E-state index contributed by atoms with van der Waals surface area (Å²) >= 11 is 5.84. The molecule has 3 rings (SSSR count). The molecule has 0 saturated carbocycles. The van der Waals surface area contributed by atoms with E-state index in [1.54, 1.807) is 31.2 Å². The van der Waals surface area contributed by atoms with Gasteiger partial charge in [0.05, 0.1) is 12.3 Å². The minimum Gasteiger partial charge on any atom is -0.494 e. The summed E-state index contributed by atoms with van der Waals surface area (Å²) in [6.07, 6.45) is 0.307. The maximum atomic E-state index is 13.0. The zero-order chi connectivity index (χ0) is 26.3. The van der Waals surface area contributed by atoms with E-state index in [4.69, 9.17) is 16.3 Å². The fraction of sp³-hybridized carbons (Fsp3) is 0.200. The summed E-state index contributed by atoms with van der Waals surface area (Å²) in [5.74, 6) is -1.21. The highest BCUT2D eigenvalue weighted by molar-refractivity contribution is 7.92. The first-order valence-electron chi connectivity index (χ1n) is 11.1. The number of anilines is 3. The van der Waals surface area contributed by atoms with Gasteiger partial charge in [0.25, 0.3) is 10.0 Å².